The van der Waals surface area contributed by atoms with Crippen molar-refractivity contribution >= 4 is 28.2 Å². The molecule has 0 saturated heterocycles. The van der Waals surface area contributed by atoms with Gasteiger partial charge in [0, 0.05) is 6.07 Å². The van der Waals surface area contributed by atoms with Gasteiger partial charge in [0.25, 0.3) is 5.91 Å². The molecule has 0 radical (unpaired) electrons. The van der Waals surface area contributed by atoms with Crippen molar-refractivity contribution in [3.63, 3.8) is 0 Å². The van der Waals surface area contributed by atoms with Crippen LogP contribution in [0.1, 0.15) is 26.0 Å². The van der Waals surface area contributed by atoms with E-state index in [0.717, 1.165) is 11.3 Å². The minimum Gasteiger partial charge on any atom is -0.475 e. The first-order valence-corrected chi connectivity index (χ1v) is 6.13. The third-order valence-corrected chi connectivity index (χ3v) is 3.33. The van der Waals surface area contributed by atoms with Crippen LogP contribution in [-0.2, 0) is 6.54 Å². The third kappa shape index (κ3) is 3.01. The molecule has 0 aliphatic heterocycles. The highest BCUT2D eigenvalue weighted by molar-refractivity contribution is 7.17. The van der Waals surface area contributed by atoms with Gasteiger partial charge >= 0.3 is 11.0 Å². The molecule has 2 aromatic rings. The van der Waals surface area contributed by atoms with E-state index < -0.39 is 16.8 Å². The molecule has 2 heterocycles. The van der Waals surface area contributed by atoms with Crippen LogP contribution in [0.3, 0.4) is 0 Å². The van der Waals surface area contributed by atoms with E-state index in [2.05, 4.69) is 5.32 Å². The molecular weight excluding hydrogens is 288 g/mol. The Balaban J connectivity index is 1.97. The van der Waals surface area contributed by atoms with E-state index in [1.807, 2.05) is 0 Å². The van der Waals surface area contributed by atoms with E-state index >= 15 is 0 Å². The van der Waals surface area contributed by atoms with Crippen LogP contribution in [0.25, 0.3) is 0 Å². The number of carboxylic acids is 1. The lowest BCUT2D eigenvalue weighted by Crippen LogP contribution is -2.21. The molecule has 0 spiro atoms. The second kappa shape index (κ2) is 5.53. The van der Waals surface area contributed by atoms with Gasteiger partial charge in [0.2, 0.25) is 5.76 Å². The maximum absolute atomic E-state index is 11.7. The van der Waals surface area contributed by atoms with Crippen LogP contribution in [0, 0.1) is 10.1 Å². The number of hydrogen-bond acceptors (Lipinski definition) is 6. The minimum atomic E-state index is -1.20. The van der Waals surface area contributed by atoms with Crippen molar-refractivity contribution in [1.82, 2.24) is 5.32 Å². The van der Waals surface area contributed by atoms with Crippen LogP contribution >= 0.6 is 11.3 Å². The topological polar surface area (TPSA) is 123 Å². The summed E-state index contributed by atoms with van der Waals surface area (Å²) in [5.74, 6) is -1.63. The molecule has 0 aliphatic rings. The number of carboxylic acid groups (broad SMARTS) is 1. The number of nitrogens with zero attached hydrogens (tertiary/aromatic N) is 1. The zero-order chi connectivity index (χ0) is 14.7. The Morgan fingerprint density at radius 3 is 2.65 bits per heavy atom. The lowest BCUT2D eigenvalue weighted by molar-refractivity contribution is -0.380. The molecule has 0 aromatic carbocycles. The first kappa shape index (κ1) is 13.7. The van der Waals surface area contributed by atoms with Crippen molar-refractivity contribution in [2.75, 3.05) is 0 Å². The Morgan fingerprint density at radius 2 is 2.10 bits per heavy atom. The summed E-state index contributed by atoms with van der Waals surface area (Å²) < 4.78 is 4.96. The molecule has 0 unspecified atom stereocenters. The number of hydrogen-bond donors (Lipinski definition) is 2. The fraction of sp³-hybridized carbons (Fsp3) is 0.0909. The number of aromatic carboxylic acids is 1. The van der Waals surface area contributed by atoms with Gasteiger partial charge in [-0.25, -0.2) is 4.79 Å². The van der Waals surface area contributed by atoms with Gasteiger partial charge in [0.15, 0.2) is 0 Å². The average Bonchev–Trinajstić information content (AvgIpc) is 3.05. The summed E-state index contributed by atoms with van der Waals surface area (Å²) in [7, 11) is 0. The maximum Gasteiger partial charge on any atom is 0.371 e. The number of amides is 1. The Bertz CT molecular complexity index is 674. The molecule has 2 N–H and O–H groups in total. The monoisotopic (exact) mass is 296 g/mol. The molecule has 9 heteroatoms. The van der Waals surface area contributed by atoms with Gasteiger partial charge in [-0.2, -0.15) is 0 Å². The highest BCUT2D eigenvalue weighted by Crippen LogP contribution is 2.23. The van der Waals surface area contributed by atoms with Gasteiger partial charge in [-0.3, -0.25) is 14.9 Å². The van der Waals surface area contributed by atoms with Crippen LogP contribution in [0.2, 0.25) is 0 Å². The van der Waals surface area contributed by atoms with E-state index in [1.165, 1.54) is 24.3 Å². The Hall–Kier alpha value is -2.68. The van der Waals surface area contributed by atoms with Crippen molar-refractivity contribution in [2.24, 2.45) is 0 Å². The summed E-state index contributed by atoms with van der Waals surface area (Å²) in [6, 6.07) is 5.30. The Morgan fingerprint density at radius 1 is 1.35 bits per heavy atom. The highest BCUT2D eigenvalue weighted by Gasteiger charge is 2.15. The fourth-order valence-corrected chi connectivity index (χ4v) is 2.13. The zero-order valence-corrected chi connectivity index (χ0v) is 10.7. The summed E-state index contributed by atoms with van der Waals surface area (Å²) in [4.78, 5) is 32.4. The average molecular weight is 296 g/mol. The van der Waals surface area contributed by atoms with E-state index in [1.54, 1.807) is 0 Å². The Kier molecular flexibility index (Phi) is 3.80. The van der Waals surface area contributed by atoms with E-state index in [9.17, 15) is 19.7 Å². The summed E-state index contributed by atoms with van der Waals surface area (Å²) in [5, 5.41) is 21.5. The van der Waals surface area contributed by atoms with Gasteiger partial charge in [0.1, 0.15) is 5.76 Å². The molecule has 104 valence electrons. The smallest absolute Gasteiger partial charge is 0.371 e. The molecule has 2 aromatic heterocycles. The van der Waals surface area contributed by atoms with Crippen LogP contribution < -0.4 is 5.32 Å². The lowest BCUT2D eigenvalue weighted by Gasteiger charge is -1.99. The standard InChI is InChI=1S/C11H8N2O6S/c14-10(8-3-4-9(20-8)13(17)18)12-5-6-1-2-7(19-6)11(15)16/h1-4H,5H2,(H,12,14)(H,15,16). The Labute approximate surface area is 115 Å². The molecule has 0 fully saturated rings. The molecule has 1 amide bonds. The maximum atomic E-state index is 11.7. The number of thiophene rings is 1. The number of furan rings is 1. The molecule has 0 bridgehead atoms. The minimum absolute atomic E-state index is 0.00217. The summed E-state index contributed by atoms with van der Waals surface area (Å²) >= 11 is 0.758. The summed E-state index contributed by atoms with van der Waals surface area (Å²) in [6.07, 6.45) is 0. The van der Waals surface area contributed by atoms with Crippen molar-refractivity contribution < 1.29 is 24.0 Å². The van der Waals surface area contributed by atoms with E-state index in [4.69, 9.17) is 9.52 Å². The normalized spacial score (nSPS) is 10.2. The van der Waals surface area contributed by atoms with Crippen molar-refractivity contribution in [1.29, 1.82) is 0 Å². The van der Waals surface area contributed by atoms with Crippen LogP contribution in [0.5, 0.6) is 0 Å². The highest BCUT2D eigenvalue weighted by atomic mass is 32.1. The second-order valence-corrected chi connectivity index (χ2v) is 4.71. The number of rotatable bonds is 5. The van der Waals surface area contributed by atoms with Gasteiger partial charge in [-0.1, -0.05) is 11.3 Å². The van der Waals surface area contributed by atoms with Gasteiger partial charge in [-0.05, 0) is 18.2 Å². The SMILES string of the molecule is O=C(O)c1ccc(CNC(=O)c2ccc([N+](=O)[O-])s2)o1. The molecule has 8 nitrogen and oxygen atoms in total. The van der Waals surface area contributed by atoms with Gasteiger partial charge in [-0.15, -0.1) is 0 Å². The van der Waals surface area contributed by atoms with Crippen LogP contribution in [-0.4, -0.2) is 21.9 Å². The summed E-state index contributed by atoms with van der Waals surface area (Å²) in [5.41, 5.74) is 0. The molecule has 0 saturated carbocycles. The van der Waals surface area contributed by atoms with Crippen LogP contribution in [0.4, 0.5) is 5.00 Å². The summed E-state index contributed by atoms with van der Waals surface area (Å²) in [6.45, 7) is -0.00217. The molecular formula is C11H8N2O6S. The third-order valence-electron chi connectivity index (χ3n) is 2.29. The predicted molar refractivity (Wildman–Crippen MR) is 67.8 cm³/mol. The molecule has 0 atom stereocenters. The van der Waals surface area contributed by atoms with Crippen molar-refractivity contribution in [3.05, 3.63) is 50.8 Å². The van der Waals surface area contributed by atoms with E-state index in [-0.39, 0.29) is 27.9 Å². The van der Waals surface area contributed by atoms with Crippen LogP contribution in [0.15, 0.2) is 28.7 Å². The molecule has 2 rings (SSSR count). The quantitative estimate of drug-likeness (QED) is 0.641. The second-order valence-electron chi connectivity index (χ2n) is 3.65. The lowest BCUT2D eigenvalue weighted by atomic mass is 10.4. The van der Waals surface area contributed by atoms with Gasteiger partial charge < -0.3 is 14.8 Å². The number of carbonyl (C=O) groups excluding carboxylic acids is 1. The zero-order valence-electron chi connectivity index (χ0n) is 9.86. The number of nitrogens with one attached hydrogen (secondary N) is 1. The van der Waals surface area contributed by atoms with E-state index in [0.29, 0.717) is 0 Å². The largest absolute Gasteiger partial charge is 0.475 e. The fourth-order valence-electron chi connectivity index (χ4n) is 1.39. The first-order chi connectivity index (χ1) is 9.47. The number of nitro groups is 1. The molecule has 20 heavy (non-hydrogen) atoms. The molecule has 0 aliphatic carbocycles. The first-order valence-electron chi connectivity index (χ1n) is 5.32. The van der Waals surface area contributed by atoms with Crippen molar-refractivity contribution in [2.45, 2.75) is 6.54 Å². The van der Waals surface area contributed by atoms with Gasteiger partial charge in [0.05, 0.1) is 16.3 Å². The predicted octanol–water partition coefficient (Wildman–Crippen LogP) is 1.88. The number of carbonyl (C=O) groups is 2. The van der Waals surface area contributed by atoms with Crippen molar-refractivity contribution in [3.8, 4) is 0 Å².